The summed E-state index contributed by atoms with van der Waals surface area (Å²) >= 11 is 0. The van der Waals surface area contributed by atoms with Gasteiger partial charge in [0.05, 0.1) is 36.1 Å². The van der Waals surface area contributed by atoms with Gasteiger partial charge < -0.3 is 9.64 Å². The molecule has 0 aliphatic carbocycles. The number of rotatable bonds is 5. The predicted molar refractivity (Wildman–Crippen MR) is 128 cm³/mol. The average molecular weight is 458 g/mol. The molecule has 1 fully saturated rings. The van der Waals surface area contributed by atoms with Crippen LogP contribution in [0.4, 0.5) is 4.39 Å². The number of carbonyl (C=O) groups excluding carboxylic acids is 1. The van der Waals surface area contributed by atoms with Crippen molar-refractivity contribution in [2.45, 2.75) is 12.5 Å². The number of likely N-dealkylation sites (tertiary alicyclic amines) is 1. The van der Waals surface area contributed by atoms with Gasteiger partial charge in [-0.2, -0.15) is 0 Å². The molecule has 0 bridgehead atoms. The van der Waals surface area contributed by atoms with Gasteiger partial charge in [0.2, 0.25) is 5.91 Å². The van der Waals surface area contributed by atoms with E-state index >= 15 is 0 Å². The fourth-order valence-corrected chi connectivity index (χ4v) is 4.60. The quantitative estimate of drug-likeness (QED) is 0.425. The second kappa shape index (κ2) is 8.62. The van der Waals surface area contributed by atoms with Gasteiger partial charge in [-0.05, 0) is 48.4 Å². The standard InChI is InChI=1S/C26H23FN4O3/c1-3-25(32)29-13-11-19(16-29)31-23-10-12-28-15-24(23)30(26(31)33)18-6-4-17(5-7-18)21-9-8-20(34-2)14-22(21)27/h3-10,12,14-15,19H,1,11,13,16H2,2H3/t19-/m1/s1. The molecule has 1 saturated heterocycles. The number of imidazole rings is 1. The molecule has 0 spiro atoms. The number of nitrogens with zero attached hydrogens (tertiary/aromatic N) is 4. The Hall–Kier alpha value is -4.20. The summed E-state index contributed by atoms with van der Waals surface area (Å²) < 4.78 is 22.9. The highest BCUT2D eigenvalue weighted by Gasteiger charge is 2.30. The van der Waals surface area contributed by atoms with E-state index in [1.165, 1.54) is 19.3 Å². The molecule has 0 saturated carbocycles. The number of amides is 1. The number of aromatic nitrogens is 3. The van der Waals surface area contributed by atoms with Crippen LogP contribution in [0, 0.1) is 5.82 Å². The van der Waals surface area contributed by atoms with E-state index < -0.39 is 0 Å². The van der Waals surface area contributed by atoms with Crippen molar-refractivity contribution in [3.63, 3.8) is 0 Å². The molecule has 8 heteroatoms. The Morgan fingerprint density at radius 1 is 1.18 bits per heavy atom. The van der Waals surface area contributed by atoms with Crippen molar-refractivity contribution in [1.29, 1.82) is 0 Å². The number of fused-ring (bicyclic) bond motifs is 1. The first-order chi connectivity index (χ1) is 16.5. The molecule has 2 aromatic carbocycles. The SMILES string of the molecule is C=CC(=O)N1CC[C@@H](n2c(=O)n(-c3ccc(-c4ccc(OC)cc4F)cc3)c3cnccc32)C1. The highest BCUT2D eigenvalue weighted by molar-refractivity contribution is 5.87. The summed E-state index contributed by atoms with van der Waals surface area (Å²) in [6.45, 7) is 4.57. The van der Waals surface area contributed by atoms with Gasteiger partial charge in [-0.25, -0.2) is 9.18 Å². The lowest BCUT2D eigenvalue weighted by molar-refractivity contribution is -0.125. The lowest BCUT2D eigenvalue weighted by atomic mass is 10.0. The molecule has 1 aliphatic heterocycles. The molecule has 172 valence electrons. The van der Waals surface area contributed by atoms with Crippen LogP contribution < -0.4 is 10.4 Å². The molecule has 7 nitrogen and oxygen atoms in total. The molecular formula is C26H23FN4O3. The normalized spacial score (nSPS) is 15.6. The first kappa shape index (κ1) is 21.6. The zero-order valence-corrected chi connectivity index (χ0v) is 18.6. The smallest absolute Gasteiger partial charge is 0.334 e. The number of pyridine rings is 1. The van der Waals surface area contributed by atoms with Crippen LogP contribution in [0.1, 0.15) is 12.5 Å². The largest absolute Gasteiger partial charge is 0.497 e. The Morgan fingerprint density at radius 2 is 1.97 bits per heavy atom. The monoisotopic (exact) mass is 458 g/mol. The average Bonchev–Trinajstić information content (AvgIpc) is 3.45. The molecule has 1 aliphatic rings. The van der Waals surface area contributed by atoms with Crippen molar-refractivity contribution in [3.8, 4) is 22.6 Å². The van der Waals surface area contributed by atoms with E-state index in [4.69, 9.17) is 4.74 Å². The molecule has 2 aromatic heterocycles. The Bertz CT molecular complexity index is 1460. The van der Waals surface area contributed by atoms with E-state index in [2.05, 4.69) is 11.6 Å². The lowest BCUT2D eigenvalue weighted by Gasteiger charge is -2.15. The predicted octanol–water partition coefficient (Wildman–Crippen LogP) is 3.96. The maximum absolute atomic E-state index is 14.5. The molecule has 3 heterocycles. The van der Waals surface area contributed by atoms with Crippen LogP contribution in [0.25, 0.3) is 27.8 Å². The number of halogens is 1. The van der Waals surface area contributed by atoms with Gasteiger partial charge in [-0.3, -0.25) is 18.9 Å². The van der Waals surface area contributed by atoms with Crippen LogP contribution in [0.5, 0.6) is 5.75 Å². The zero-order valence-electron chi connectivity index (χ0n) is 18.6. The van der Waals surface area contributed by atoms with Crippen LogP contribution in [0.2, 0.25) is 0 Å². The second-order valence-corrected chi connectivity index (χ2v) is 8.18. The third-order valence-electron chi connectivity index (χ3n) is 6.30. The number of ether oxygens (including phenoxy) is 1. The van der Waals surface area contributed by atoms with Crippen molar-refractivity contribution in [3.05, 3.63) is 89.9 Å². The first-order valence-electron chi connectivity index (χ1n) is 10.9. The third kappa shape index (κ3) is 3.57. The summed E-state index contributed by atoms with van der Waals surface area (Å²) in [5.41, 5.74) is 3.00. The van der Waals surface area contributed by atoms with E-state index in [-0.39, 0.29) is 23.5 Å². The lowest BCUT2D eigenvalue weighted by Crippen LogP contribution is -2.31. The van der Waals surface area contributed by atoms with Gasteiger partial charge in [0.15, 0.2) is 0 Å². The molecule has 1 atom stereocenters. The van der Waals surface area contributed by atoms with E-state index in [0.717, 1.165) is 5.52 Å². The minimum atomic E-state index is -0.384. The van der Waals surface area contributed by atoms with Crippen LogP contribution in [-0.4, -0.2) is 45.1 Å². The van der Waals surface area contributed by atoms with Gasteiger partial charge in [0, 0.05) is 30.9 Å². The minimum absolute atomic E-state index is 0.137. The van der Waals surface area contributed by atoms with Crippen LogP contribution in [0.3, 0.4) is 0 Å². The highest BCUT2D eigenvalue weighted by Crippen LogP contribution is 2.29. The van der Waals surface area contributed by atoms with Crippen LogP contribution in [-0.2, 0) is 4.79 Å². The maximum atomic E-state index is 14.5. The van der Waals surface area contributed by atoms with Gasteiger partial charge in [-0.1, -0.05) is 18.7 Å². The molecule has 0 unspecified atom stereocenters. The van der Waals surface area contributed by atoms with Crippen LogP contribution in [0.15, 0.2) is 78.4 Å². The van der Waals surface area contributed by atoms with E-state index in [1.807, 2.05) is 6.07 Å². The Balaban J connectivity index is 1.55. The summed E-state index contributed by atoms with van der Waals surface area (Å²) in [5.74, 6) is -0.0720. The van der Waals surface area contributed by atoms with Gasteiger partial charge in [0.1, 0.15) is 11.6 Å². The van der Waals surface area contributed by atoms with E-state index in [1.54, 1.807) is 62.8 Å². The maximum Gasteiger partial charge on any atom is 0.334 e. The zero-order chi connectivity index (χ0) is 23.8. The van der Waals surface area contributed by atoms with Crippen molar-refractivity contribution in [2.24, 2.45) is 0 Å². The number of methoxy groups -OCH3 is 1. The van der Waals surface area contributed by atoms with Crippen molar-refractivity contribution in [1.82, 2.24) is 19.0 Å². The fourth-order valence-electron chi connectivity index (χ4n) is 4.60. The minimum Gasteiger partial charge on any atom is -0.497 e. The van der Waals surface area contributed by atoms with Crippen molar-refractivity contribution < 1.29 is 13.9 Å². The summed E-state index contributed by atoms with van der Waals surface area (Å²) in [6, 6.07) is 13.5. The molecule has 34 heavy (non-hydrogen) atoms. The third-order valence-corrected chi connectivity index (χ3v) is 6.30. The molecular weight excluding hydrogens is 435 g/mol. The Kier molecular flexibility index (Phi) is 5.49. The van der Waals surface area contributed by atoms with E-state index in [0.29, 0.717) is 47.6 Å². The summed E-state index contributed by atoms with van der Waals surface area (Å²) in [5, 5.41) is 0. The number of benzene rings is 2. The van der Waals surface area contributed by atoms with Gasteiger partial charge in [-0.15, -0.1) is 0 Å². The topological polar surface area (TPSA) is 69.4 Å². The molecule has 0 N–H and O–H groups in total. The molecule has 4 aromatic rings. The fraction of sp³-hybridized carbons (Fsp3) is 0.192. The summed E-state index contributed by atoms with van der Waals surface area (Å²) in [4.78, 5) is 31.6. The first-order valence-corrected chi connectivity index (χ1v) is 10.9. The summed E-state index contributed by atoms with van der Waals surface area (Å²) in [7, 11) is 1.49. The van der Waals surface area contributed by atoms with Gasteiger partial charge in [0.25, 0.3) is 0 Å². The van der Waals surface area contributed by atoms with Gasteiger partial charge >= 0.3 is 5.69 Å². The Labute approximate surface area is 195 Å². The molecule has 0 radical (unpaired) electrons. The molecule has 1 amide bonds. The van der Waals surface area contributed by atoms with Crippen molar-refractivity contribution in [2.75, 3.05) is 20.2 Å². The number of hydrogen-bond acceptors (Lipinski definition) is 4. The number of carbonyl (C=O) groups is 1. The van der Waals surface area contributed by atoms with Crippen molar-refractivity contribution >= 4 is 16.9 Å². The van der Waals surface area contributed by atoms with E-state index in [9.17, 15) is 14.0 Å². The Morgan fingerprint density at radius 3 is 2.68 bits per heavy atom. The van der Waals surface area contributed by atoms with Crippen LogP contribution >= 0.6 is 0 Å². The molecule has 5 rings (SSSR count). The second-order valence-electron chi connectivity index (χ2n) is 8.18. The number of hydrogen-bond donors (Lipinski definition) is 0. The highest BCUT2D eigenvalue weighted by atomic mass is 19.1. The summed E-state index contributed by atoms with van der Waals surface area (Å²) in [6.07, 6.45) is 5.29.